The zero-order valence-electron chi connectivity index (χ0n) is 13.1. The van der Waals surface area contributed by atoms with Gasteiger partial charge in [0.25, 0.3) is 0 Å². The van der Waals surface area contributed by atoms with Crippen molar-refractivity contribution >= 4 is 5.82 Å². The van der Waals surface area contributed by atoms with Crippen LogP contribution in [-0.2, 0) is 0 Å². The van der Waals surface area contributed by atoms with E-state index in [1.165, 1.54) is 25.7 Å². The fourth-order valence-electron chi connectivity index (χ4n) is 3.20. The van der Waals surface area contributed by atoms with Gasteiger partial charge in [-0.25, -0.2) is 14.6 Å². The molecule has 0 saturated carbocycles. The molecule has 1 saturated heterocycles. The van der Waals surface area contributed by atoms with Crippen LogP contribution in [0.5, 0.6) is 0 Å². The highest BCUT2D eigenvalue weighted by atomic mass is 15.3. The molecule has 1 atom stereocenters. The van der Waals surface area contributed by atoms with E-state index in [9.17, 15) is 0 Å². The maximum Gasteiger partial charge on any atom is 0.159 e. The summed E-state index contributed by atoms with van der Waals surface area (Å²) in [6, 6.07) is 4.73. The van der Waals surface area contributed by atoms with Gasteiger partial charge >= 0.3 is 0 Å². The van der Waals surface area contributed by atoms with Crippen molar-refractivity contribution in [1.82, 2.24) is 19.7 Å². The van der Waals surface area contributed by atoms with Crippen molar-refractivity contribution in [3.63, 3.8) is 0 Å². The van der Waals surface area contributed by atoms with Crippen molar-refractivity contribution in [2.75, 3.05) is 11.4 Å². The molecule has 3 rings (SSSR count). The molecular weight excluding hydrogens is 262 g/mol. The van der Waals surface area contributed by atoms with Crippen molar-refractivity contribution < 1.29 is 0 Å². The molecule has 21 heavy (non-hydrogen) atoms. The van der Waals surface area contributed by atoms with E-state index in [0.29, 0.717) is 6.04 Å². The summed E-state index contributed by atoms with van der Waals surface area (Å²) in [6.07, 6.45) is 6.65. The van der Waals surface area contributed by atoms with Gasteiger partial charge in [0.15, 0.2) is 5.82 Å². The molecule has 1 aliphatic heterocycles. The van der Waals surface area contributed by atoms with Crippen LogP contribution in [0.3, 0.4) is 0 Å². The summed E-state index contributed by atoms with van der Waals surface area (Å²) in [6.45, 7) is 7.40. The van der Waals surface area contributed by atoms with Crippen LogP contribution in [0.4, 0.5) is 5.82 Å². The standard InChI is InChI=1S/C16H23N5/c1-4-14-7-5-6-8-20(14)15-10-16(18-11-17-15)21-13(3)9-12(2)19-21/h9-11,14H,4-8H2,1-3H3. The Morgan fingerprint density at radius 2 is 1.95 bits per heavy atom. The molecule has 1 fully saturated rings. The predicted octanol–water partition coefficient (Wildman–Crippen LogP) is 3.05. The lowest BCUT2D eigenvalue weighted by Crippen LogP contribution is -2.39. The molecule has 0 bridgehead atoms. The highest BCUT2D eigenvalue weighted by Gasteiger charge is 2.22. The van der Waals surface area contributed by atoms with E-state index >= 15 is 0 Å². The van der Waals surface area contributed by atoms with E-state index in [2.05, 4.69) is 45.9 Å². The Bertz CT molecular complexity index is 619. The van der Waals surface area contributed by atoms with Crippen LogP contribution in [-0.4, -0.2) is 32.3 Å². The monoisotopic (exact) mass is 285 g/mol. The Balaban J connectivity index is 1.94. The third-order valence-electron chi connectivity index (χ3n) is 4.26. The van der Waals surface area contributed by atoms with Gasteiger partial charge in [0.2, 0.25) is 0 Å². The van der Waals surface area contributed by atoms with Crippen LogP contribution in [0.2, 0.25) is 0 Å². The molecular formula is C16H23N5. The third kappa shape index (κ3) is 2.77. The van der Waals surface area contributed by atoms with Gasteiger partial charge in [-0.1, -0.05) is 6.92 Å². The summed E-state index contributed by atoms with van der Waals surface area (Å²) in [5, 5.41) is 4.51. The van der Waals surface area contributed by atoms with E-state index in [0.717, 1.165) is 29.6 Å². The van der Waals surface area contributed by atoms with Gasteiger partial charge < -0.3 is 4.90 Å². The molecule has 0 N–H and O–H groups in total. The largest absolute Gasteiger partial charge is 0.353 e. The molecule has 5 heteroatoms. The van der Waals surface area contributed by atoms with Crippen molar-refractivity contribution in [1.29, 1.82) is 0 Å². The molecule has 112 valence electrons. The number of piperidine rings is 1. The number of aryl methyl sites for hydroxylation is 2. The lowest BCUT2D eigenvalue weighted by molar-refractivity contribution is 0.446. The number of anilines is 1. The number of hydrogen-bond acceptors (Lipinski definition) is 4. The van der Waals surface area contributed by atoms with E-state index in [4.69, 9.17) is 0 Å². The second-order valence-electron chi connectivity index (χ2n) is 5.82. The smallest absolute Gasteiger partial charge is 0.159 e. The lowest BCUT2D eigenvalue weighted by Gasteiger charge is -2.36. The molecule has 5 nitrogen and oxygen atoms in total. The maximum atomic E-state index is 4.51. The van der Waals surface area contributed by atoms with Gasteiger partial charge in [-0.3, -0.25) is 0 Å². The number of aromatic nitrogens is 4. The van der Waals surface area contributed by atoms with Gasteiger partial charge in [0, 0.05) is 24.3 Å². The van der Waals surface area contributed by atoms with Gasteiger partial charge in [-0.05, 0) is 45.6 Å². The molecule has 0 amide bonds. The van der Waals surface area contributed by atoms with Gasteiger partial charge in [0.1, 0.15) is 12.1 Å². The Morgan fingerprint density at radius 1 is 1.14 bits per heavy atom. The summed E-state index contributed by atoms with van der Waals surface area (Å²) < 4.78 is 1.89. The molecule has 2 aromatic rings. The fourth-order valence-corrected chi connectivity index (χ4v) is 3.20. The number of nitrogens with zero attached hydrogens (tertiary/aromatic N) is 5. The topological polar surface area (TPSA) is 46.8 Å². The quantitative estimate of drug-likeness (QED) is 0.869. The molecule has 0 aromatic carbocycles. The van der Waals surface area contributed by atoms with Crippen molar-refractivity contribution in [3.05, 3.63) is 29.8 Å². The predicted molar refractivity (Wildman–Crippen MR) is 83.9 cm³/mol. The zero-order valence-corrected chi connectivity index (χ0v) is 13.1. The Kier molecular flexibility index (Phi) is 3.90. The van der Waals surface area contributed by atoms with E-state index in [-0.39, 0.29) is 0 Å². The first-order valence-corrected chi connectivity index (χ1v) is 7.81. The summed E-state index contributed by atoms with van der Waals surface area (Å²) >= 11 is 0. The van der Waals surface area contributed by atoms with Gasteiger partial charge in [-0.15, -0.1) is 0 Å². The Morgan fingerprint density at radius 3 is 2.67 bits per heavy atom. The highest BCUT2D eigenvalue weighted by molar-refractivity contribution is 5.45. The van der Waals surface area contributed by atoms with Crippen molar-refractivity contribution in [2.24, 2.45) is 0 Å². The first kappa shape index (κ1) is 14.0. The summed E-state index contributed by atoms with van der Waals surface area (Å²) in [5.41, 5.74) is 2.11. The summed E-state index contributed by atoms with van der Waals surface area (Å²) in [7, 11) is 0. The molecule has 1 unspecified atom stereocenters. The number of rotatable bonds is 3. The van der Waals surface area contributed by atoms with Crippen molar-refractivity contribution in [3.8, 4) is 5.82 Å². The molecule has 0 radical (unpaired) electrons. The van der Waals surface area contributed by atoms with Crippen LogP contribution >= 0.6 is 0 Å². The normalized spacial score (nSPS) is 19.0. The second kappa shape index (κ2) is 5.84. The van der Waals surface area contributed by atoms with E-state index in [1.807, 2.05) is 11.6 Å². The minimum atomic E-state index is 0.599. The second-order valence-corrected chi connectivity index (χ2v) is 5.82. The van der Waals surface area contributed by atoms with Gasteiger partial charge in [0.05, 0.1) is 5.69 Å². The van der Waals surface area contributed by atoms with Crippen LogP contribution in [0, 0.1) is 13.8 Å². The Hall–Kier alpha value is -1.91. The number of hydrogen-bond donors (Lipinski definition) is 0. The minimum Gasteiger partial charge on any atom is -0.353 e. The highest BCUT2D eigenvalue weighted by Crippen LogP contribution is 2.25. The summed E-state index contributed by atoms with van der Waals surface area (Å²) in [4.78, 5) is 11.3. The van der Waals surface area contributed by atoms with Crippen LogP contribution in [0.1, 0.15) is 44.0 Å². The van der Waals surface area contributed by atoms with Crippen molar-refractivity contribution in [2.45, 2.75) is 52.5 Å². The minimum absolute atomic E-state index is 0.599. The Labute approximate surface area is 126 Å². The van der Waals surface area contributed by atoms with E-state index < -0.39 is 0 Å². The molecule has 2 aromatic heterocycles. The molecule has 0 aliphatic carbocycles. The average molecular weight is 285 g/mol. The summed E-state index contributed by atoms with van der Waals surface area (Å²) in [5.74, 6) is 1.88. The maximum absolute atomic E-state index is 4.51. The first-order chi connectivity index (χ1) is 10.2. The molecule has 3 heterocycles. The van der Waals surface area contributed by atoms with Crippen LogP contribution < -0.4 is 4.90 Å². The first-order valence-electron chi connectivity index (χ1n) is 7.81. The molecule has 1 aliphatic rings. The van der Waals surface area contributed by atoms with Crippen LogP contribution in [0.15, 0.2) is 18.5 Å². The SMILES string of the molecule is CCC1CCCCN1c1cc(-n2nc(C)cc2C)ncn1. The molecule has 0 spiro atoms. The lowest BCUT2D eigenvalue weighted by atomic mass is 10.0. The van der Waals surface area contributed by atoms with E-state index in [1.54, 1.807) is 6.33 Å². The van der Waals surface area contributed by atoms with Gasteiger partial charge in [-0.2, -0.15) is 5.10 Å². The average Bonchev–Trinajstić information content (AvgIpc) is 2.86. The third-order valence-corrected chi connectivity index (χ3v) is 4.26. The fraction of sp³-hybridized carbons (Fsp3) is 0.562. The van der Waals surface area contributed by atoms with Crippen LogP contribution in [0.25, 0.3) is 5.82 Å². The zero-order chi connectivity index (χ0) is 14.8.